The van der Waals surface area contributed by atoms with Crippen molar-refractivity contribution in [2.45, 2.75) is 33.1 Å². The highest BCUT2D eigenvalue weighted by molar-refractivity contribution is 5.99. The number of carbonyl (C=O) groups is 3. The molecule has 0 unspecified atom stereocenters. The molecule has 9 heteroatoms. The predicted molar refractivity (Wildman–Crippen MR) is 110 cm³/mol. The molecule has 0 aliphatic carbocycles. The molecule has 3 amide bonds. The lowest BCUT2D eigenvalue weighted by atomic mass is 9.92. The fraction of sp³-hybridized carbons (Fsp3) is 0.571. The molecule has 30 heavy (non-hydrogen) atoms. The van der Waals surface area contributed by atoms with Crippen molar-refractivity contribution < 1.29 is 14.4 Å². The second-order valence-corrected chi connectivity index (χ2v) is 8.37. The van der Waals surface area contributed by atoms with Crippen LogP contribution in [0.15, 0.2) is 12.3 Å². The number of rotatable bonds is 3. The first-order valence-electron chi connectivity index (χ1n) is 10.5. The van der Waals surface area contributed by atoms with E-state index in [1.165, 1.54) is 7.05 Å². The lowest BCUT2D eigenvalue weighted by Crippen LogP contribution is -2.35. The van der Waals surface area contributed by atoms with Gasteiger partial charge < -0.3 is 15.1 Å². The van der Waals surface area contributed by atoms with Gasteiger partial charge in [0.2, 0.25) is 11.8 Å². The summed E-state index contributed by atoms with van der Waals surface area (Å²) < 4.78 is 1.71. The average molecular weight is 412 g/mol. The fourth-order valence-corrected chi connectivity index (χ4v) is 4.68. The van der Waals surface area contributed by atoms with E-state index < -0.39 is 0 Å². The first kappa shape index (κ1) is 20.3. The van der Waals surface area contributed by atoms with E-state index in [0.29, 0.717) is 49.2 Å². The lowest BCUT2D eigenvalue weighted by Gasteiger charge is -2.22. The molecule has 0 aromatic carbocycles. The zero-order chi connectivity index (χ0) is 21.4. The Hall–Kier alpha value is -2.97. The zero-order valence-electron chi connectivity index (χ0n) is 17.7. The van der Waals surface area contributed by atoms with Gasteiger partial charge >= 0.3 is 0 Å². The van der Waals surface area contributed by atoms with Gasteiger partial charge in [-0.3, -0.25) is 14.4 Å². The van der Waals surface area contributed by atoms with Crippen LogP contribution in [0.1, 0.15) is 41.0 Å². The maximum atomic E-state index is 13.2. The SMILES string of the molecule is CNC(=O)CC(=O)N1C[C@H]2CCN(C(=O)c3cnn4c(C)cc(C)nc34)CC[C@H]2C1. The van der Waals surface area contributed by atoms with Crippen molar-refractivity contribution in [3.63, 3.8) is 0 Å². The summed E-state index contributed by atoms with van der Waals surface area (Å²) in [6.45, 7) is 6.50. The molecule has 2 saturated heterocycles. The summed E-state index contributed by atoms with van der Waals surface area (Å²) in [5.74, 6) is 0.329. The maximum Gasteiger partial charge on any atom is 0.259 e. The smallest absolute Gasteiger partial charge is 0.259 e. The van der Waals surface area contributed by atoms with E-state index >= 15 is 0 Å². The highest BCUT2D eigenvalue weighted by Gasteiger charge is 2.38. The van der Waals surface area contributed by atoms with Crippen LogP contribution in [0.3, 0.4) is 0 Å². The Morgan fingerprint density at radius 3 is 2.40 bits per heavy atom. The second kappa shape index (κ2) is 8.04. The molecule has 2 aromatic heterocycles. The van der Waals surface area contributed by atoms with Gasteiger partial charge in [0, 0.05) is 44.6 Å². The predicted octanol–water partition coefficient (Wildman–Crippen LogP) is 0.793. The molecule has 2 atom stereocenters. The Kier molecular flexibility index (Phi) is 5.44. The molecular weight excluding hydrogens is 384 g/mol. The maximum absolute atomic E-state index is 13.2. The summed E-state index contributed by atoms with van der Waals surface area (Å²) in [5.41, 5.74) is 2.95. The van der Waals surface area contributed by atoms with Crippen LogP contribution in [0.2, 0.25) is 0 Å². The van der Waals surface area contributed by atoms with E-state index in [-0.39, 0.29) is 24.1 Å². The van der Waals surface area contributed by atoms with Crippen molar-refractivity contribution in [3.8, 4) is 0 Å². The third-order valence-electron chi connectivity index (χ3n) is 6.35. The third-order valence-corrected chi connectivity index (χ3v) is 6.35. The van der Waals surface area contributed by atoms with Gasteiger partial charge in [0.05, 0.1) is 6.20 Å². The van der Waals surface area contributed by atoms with Gasteiger partial charge in [-0.25, -0.2) is 9.50 Å². The highest BCUT2D eigenvalue weighted by atomic mass is 16.2. The van der Waals surface area contributed by atoms with E-state index in [1.54, 1.807) is 10.7 Å². The highest BCUT2D eigenvalue weighted by Crippen LogP contribution is 2.32. The normalized spacial score (nSPS) is 21.4. The Labute approximate surface area is 175 Å². The Bertz CT molecular complexity index is 984. The van der Waals surface area contributed by atoms with Crippen molar-refractivity contribution >= 4 is 23.4 Å². The topological polar surface area (TPSA) is 99.9 Å². The minimum atomic E-state index is -0.253. The fourth-order valence-electron chi connectivity index (χ4n) is 4.68. The van der Waals surface area contributed by atoms with Crippen LogP contribution < -0.4 is 5.32 Å². The first-order valence-corrected chi connectivity index (χ1v) is 10.5. The van der Waals surface area contributed by atoms with Crippen LogP contribution in [0.25, 0.3) is 5.65 Å². The van der Waals surface area contributed by atoms with Gasteiger partial charge in [-0.05, 0) is 44.6 Å². The lowest BCUT2D eigenvalue weighted by molar-refractivity contribution is -0.135. The van der Waals surface area contributed by atoms with Crippen LogP contribution in [0, 0.1) is 25.7 Å². The number of fused-ring (bicyclic) bond motifs is 2. The number of amides is 3. The second-order valence-electron chi connectivity index (χ2n) is 8.37. The average Bonchev–Trinajstić information content (AvgIpc) is 3.27. The number of nitrogens with zero attached hydrogens (tertiary/aromatic N) is 5. The van der Waals surface area contributed by atoms with E-state index in [0.717, 1.165) is 24.2 Å². The van der Waals surface area contributed by atoms with Crippen LogP contribution in [-0.4, -0.2) is 75.3 Å². The van der Waals surface area contributed by atoms with Crippen LogP contribution in [0.5, 0.6) is 0 Å². The Morgan fingerprint density at radius 1 is 1.10 bits per heavy atom. The van der Waals surface area contributed by atoms with Crippen molar-refractivity contribution in [1.29, 1.82) is 0 Å². The van der Waals surface area contributed by atoms with Crippen LogP contribution >= 0.6 is 0 Å². The standard InChI is InChI=1S/C21H28N6O3/c1-13-8-14(2)27-20(24-13)17(10-23-27)21(30)25-6-4-15-11-26(12-16(15)5-7-25)19(29)9-18(28)22-3/h8,10,15-16H,4-7,9,11-12H2,1-3H3,(H,22,28)/t15-,16+. The summed E-state index contributed by atoms with van der Waals surface area (Å²) in [5, 5.41) is 6.85. The van der Waals surface area contributed by atoms with Gasteiger partial charge in [-0.2, -0.15) is 5.10 Å². The number of carbonyl (C=O) groups excluding carboxylic acids is 3. The summed E-state index contributed by atoms with van der Waals surface area (Å²) >= 11 is 0. The molecule has 2 fully saturated rings. The zero-order valence-corrected chi connectivity index (χ0v) is 17.7. The van der Waals surface area contributed by atoms with E-state index in [9.17, 15) is 14.4 Å². The van der Waals surface area contributed by atoms with E-state index in [1.807, 2.05) is 29.7 Å². The number of likely N-dealkylation sites (tertiary alicyclic amines) is 2. The first-order chi connectivity index (χ1) is 14.4. The summed E-state index contributed by atoms with van der Waals surface area (Å²) in [4.78, 5) is 45.3. The van der Waals surface area contributed by atoms with Crippen molar-refractivity contribution in [1.82, 2.24) is 29.7 Å². The van der Waals surface area contributed by atoms with Gasteiger partial charge in [0.25, 0.3) is 5.91 Å². The number of nitrogens with one attached hydrogen (secondary N) is 1. The molecule has 2 aliphatic rings. The quantitative estimate of drug-likeness (QED) is 0.752. The molecular formula is C21H28N6O3. The molecule has 1 N–H and O–H groups in total. The number of hydrogen-bond donors (Lipinski definition) is 1. The molecule has 9 nitrogen and oxygen atoms in total. The number of hydrogen-bond acceptors (Lipinski definition) is 5. The summed E-state index contributed by atoms with van der Waals surface area (Å²) in [7, 11) is 1.54. The Balaban J connectivity index is 1.43. The van der Waals surface area contributed by atoms with Gasteiger partial charge in [-0.1, -0.05) is 0 Å². The van der Waals surface area contributed by atoms with Crippen molar-refractivity contribution in [2.75, 3.05) is 33.2 Å². The Morgan fingerprint density at radius 2 is 1.77 bits per heavy atom. The minimum Gasteiger partial charge on any atom is -0.359 e. The van der Waals surface area contributed by atoms with Gasteiger partial charge in [0.1, 0.15) is 12.0 Å². The molecule has 4 rings (SSSR count). The minimum absolute atomic E-state index is 0.0324. The van der Waals surface area contributed by atoms with Crippen LogP contribution in [0.4, 0.5) is 0 Å². The number of aromatic nitrogens is 3. The monoisotopic (exact) mass is 412 g/mol. The molecule has 0 radical (unpaired) electrons. The van der Waals surface area contributed by atoms with E-state index in [2.05, 4.69) is 15.4 Å². The summed E-state index contributed by atoms with van der Waals surface area (Å²) in [6.07, 6.45) is 3.22. The molecule has 160 valence electrons. The van der Waals surface area contributed by atoms with Crippen LogP contribution in [-0.2, 0) is 9.59 Å². The largest absolute Gasteiger partial charge is 0.359 e. The molecule has 0 bridgehead atoms. The van der Waals surface area contributed by atoms with Gasteiger partial charge in [-0.15, -0.1) is 0 Å². The molecule has 2 aromatic rings. The van der Waals surface area contributed by atoms with Crippen molar-refractivity contribution in [3.05, 3.63) is 29.2 Å². The van der Waals surface area contributed by atoms with E-state index in [4.69, 9.17) is 0 Å². The molecule has 4 heterocycles. The third kappa shape index (κ3) is 3.76. The molecule has 2 aliphatic heterocycles. The van der Waals surface area contributed by atoms with Crippen molar-refractivity contribution in [2.24, 2.45) is 11.8 Å². The molecule has 0 spiro atoms. The molecule has 0 saturated carbocycles. The van der Waals surface area contributed by atoms with Gasteiger partial charge in [0.15, 0.2) is 5.65 Å². The summed E-state index contributed by atoms with van der Waals surface area (Å²) in [6, 6.07) is 1.94. The number of aryl methyl sites for hydroxylation is 2.